The van der Waals surface area contributed by atoms with Crippen molar-refractivity contribution in [3.63, 3.8) is 0 Å². The molecular weight excluding hydrogens is 232 g/mol. The number of benzene rings is 1. The summed E-state index contributed by atoms with van der Waals surface area (Å²) in [5.74, 6) is 0.0327. The molecule has 4 heteroatoms. The van der Waals surface area contributed by atoms with Gasteiger partial charge in [0.1, 0.15) is 0 Å². The van der Waals surface area contributed by atoms with Crippen LogP contribution in [0.1, 0.15) is 23.1 Å². The van der Waals surface area contributed by atoms with Gasteiger partial charge in [0.2, 0.25) is 9.05 Å². The van der Waals surface area contributed by atoms with Gasteiger partial charge in [0, 0.05) is 10.7 Å². The predicted octanol–water partition coefficient (Wildman–Crippen LogP) is 2.29. The number of hydrogen-bond acceptors (Lipinski definition) is 2. The molecule has 0 spiro atoms. The Balaban J connectivity index is 2.19. The van der Waals surface area contributed by atoms with Crippen LogP contribution in [0.25, 0.3) is 0 Å². The van der Waals surface area contributed by atoms with Gasteiger partial charge in [-0.3, -0.25) is 0 Å². The molecular formula is C11H13ClO2S. The van der Waals surface area contributed by atoms with Gasteiger partial charge in [-0.1, -0.05) is 18.2 Å². The average molecular weight is 245 g/mol. The Kier molecular flexibility index (Phi) is 3.03. The zero-order chi connectivity index (χ0) is 10.9. The lowest BCUT2D eigenvalue weighted by Gasteiger charge is -2.06. The van der Waals surface area contributed by atoms with E-state index in [9.17, 15) is 8.42 Å². The maximum absolute atomic E-state index is 10.9. The van der Waals surface area contributed by atoms with Gasteiger partial charge in [-0.05, 0) is 42.4 Å². The summed E-state index contributed by atoms with van der Waals surface area (Å²) < 4.78 is 21.7. The SMILES string of the molecule is O=S(=O)(Cl)CCc1cccc2c1CCC2. The summed E-state index contributed by atoms with van der Waals surface area (Å²) in [5, 5.41) is 0. The van der Waals surface area contributed by atoms with E-state index in [0.29, 0.717) is 6.42 Å². The van der Waals surface area contributed by atoms with Crippen LogP contribution in [-0.2, 0) is 28.3 Å². The van der Waals surface area contributed by atoms with Crippen LogP contribution >= 0.6 is 10.7 Å². The fourth-order valence-corrected chi connectivity index (χ4v) is 2.86. The summed E-state index contributed by atoms with van der Waals surface area (Å²) in [7, 11) is 1.84. The van der Waals surface area contributed by atoms with Crippen molar-refractivity contribution in [2.24, 2.45) is 0 Å². The van der Waals surface area contributed by atoms with Crippen LogP contribution in [0.5, 0.6) is 0 Å². The van der Waals surface area contributed by atoms with Gasteiger partial charge in [-0.15, -0.1) is 0 Å². The minimum Gasteiger partial charge on any atom is -0.212 e. The highest BCUT2D eigenvalue weighted by atomic mass is 35.7. The molecule has 0 aromatic heterocycles. The Hall–Kier alpha value is -0.540. The first-order valence-corrected chi connectivity index (χ1v) is 7.56. The van der Waals surface area contributed by atoms with E-state index in [4.69, 9.17) is 10.7 Å². The highest BCUT2D eigenvalue weighted by Gasteiger charge is 2.15. The molecule has 0 saturated carbocycles. The molecule has 0 atom stereocenters. The van der Waals surface area contributed by atoms with Gasteiger partial charge in [0.05, 0.1) is 5.75 Å². The quantitative estimate of drug-likeness (QED) is 0.765. The summed E-state index contributed by atoms with van der Waals surface area (Å²) in [6.07, 6.45) is 3.92. The number of halogens is 1. The second kappa shape index (κ2) is 4.14. The molecule has 1 aliphatic rings. The normalized spacial score (nSPS) is 15.3. The Labute approximate surface area is 94.7 Å². The summed E-state index contributed by atoms with van der Waals surface area (Å²) in [6, 6.07) is 6.13. The molecule has 1 aliphatic carbocycles. The van der Waals surface area contributed by atoms with E-state index in [-0.39, 0.29) is 5.75 Å². The van der Waals surface area contributed by atoms with Crippen molar-refractivity contribution in [2.45, 2.75) is 25.7 Å². The van der Waals surface area contributed by atoms with Crippen LogP contribution in [0.15, 0.2) is 18.2 Å². The smallest absolute Gasteiger partial charge is 0.212 e. The molecule has 0 saturated heterocycles. The minimum absolute atomic E-state index is 0.0327. The Morgan fingerprint density at radius 1 is 1.27 bits per heavy atom. The highest BCUT2D eigenvalue weighted by molar-refractivity contribution is 8.13. The first-order chi connectivity index (χ1) is 7.06. The molecule has 2 rings (SSSR count). The Bertz CT molecular complexity index is 465. The highest BCUT2D eigenvalue weighted by Crippen LogP contribution is 2.25. The van der Waals surface area contributed by atoms with E-state index >= 15 is 0 Å². The summed E-state index contributed by atoms with van der Waals surface area (Å²) in [6.45, 7) is 0. The molecule has 0 heterocycles. The number of hydrogen-bond donors (Lipinski definition) is 0. The second-order valence-corrected chi connectivity index (χ2v) is 6.80. The third kappa shape index (κ3) is 2.73. The van der Waals surface area contributed by atoms with E-state index in [1.807, 2.05) is 12.1 Å². The maximum Gasteiger partial charge on any atom is 0.232 e. The van der Waals surface area contributed by atoms with Crippen molar-refractivity contribution < 1.29 is 8.42 Å². The lowest BCUT2D eigenvalue weighted by molar-refractivity contribution is 0.608. The zero-order valence-electron chi connectivity index (χ0n) is 8.37. The average Bonchev–Trinajstić information content (AvgIpc) is 2.61. The third-order valence-corrected chi connectivity index (χ3v) is 4.01. The molecule has 0 radical (unpaired) electrons. The van der Waals surface area contributed by atoms with Crippen molar-refractivity contribution in [3.8, 4) is 0 Å². The van der Waals surface area contributed by atoms with E-state index in [2.05, 4.69) is 6.07 Å². The molecule has 82 valence electrons. The fraction of sp³-hybridized carbons (Fsp3) is 0.455. The van der Waals surface area contributed by atoms with Gasteiger partial charge in [-0.25, -0.2) is 8.42 Å². The number of fused-ring (bicyclic) bond motifs is 1. The predicted molar refractivity (Wildman–Crippen MR) is 61.8 cm³/mol. The molecule has 0 bridgehead atoms. The number of rotatable bonds is 3. The first kappa shape index (κ1) is 11.0. The number of aryl methyl sites for hydroxylation is 2. The fourth-order valence-electron chi connectivity index (χ4n) is 2.16. The topological polar surface area (TPSA) is 34.1 Å². The van der Waals surface area contributed by atoms with Crippen molar-refractivity contribution in [1.82, 2.24) is 0 Å². The maximum atomic E-state index is 10.9. The molecule has 0 aliphatic heterocycles. The van der Waals surface area contributed by atoms with Crippen molar-refractivity contribution in [1.29, 1.82) is 0 Å². The van der Waals surface area contributed by atoms with Crippen molar-refractivity contribution >= 4 is 19.7 Å². The van der Waals surface area contributed by atoms with E-state index in [0.717, 1.165) is 18.4 Å². The summed E-state index contributed by atoms with van der Waals surface area (Å²) >= 11 is 0. The Morgan fingerprint density at radius 3 is 2.80 bits per heavy atom. The van der Waals surface area contributed by atoms with Gasteiger partial charge >= 0.3 is 0 Å². The minimum atomic E-state index is -3.37. The largest absolute Gasteiger partial charge is 0.232 e. The molecule has 0 N–H and O–H groups in total. The van der Waals surface area contributed by atoms with Crippen LogP contribution in [0.2, 0.25) is 0 Å². The van der Waals surface area contributed by atoms with Gasteiger partial charge in [0.15, 0.2) is 0 Å². The van der Waals surface area contributed by atoms with Crippen molar-refractivity contribution in [2.75, 3.05) is 5.75 Å². The van der Waals surface area contributed by atoms with E-state index < -0.39 is 9.05 Å². The zero-order valence-corrected chi connectivity index (χ0v) is 9.94. The molecule has 15 heavy (non-hydrogen) atoms. The first-order valence-electron chi connectivity index (χ1n) is 5.08. The van der Waals surface area contributed by atoms with Gasteiger partial charge < -0.3 is 0 Å². The second-order valence-electron chi connectivity index (χ2n) is 3.90. The molecule has 0 amide bonds. The van der Waals surface area contributed by atoms with Crippen LogP contribution in [0.3, 0.4) is 0 Å². The summed E-state index contributed by atoms with van der Waals surface area (Å²) in [5.41, 5.74) is 3.87. The lowest BCUT2D eigenvalue weighted by atomic mass is 10.0. The van der Waals surface area contributed by atoms with Crippen LogP contribution in [-0.4, -0.2) is 14.2 Å². The monoisotopic (exact) mass is 244 g/mol. The molecule has 0 fully saturated rings. The van der Waals surface area contributed by atoms with Gasteiger partial charge in [0.25, 0.3) is 0 Å². The van der Waals surface area contributed by atoms with E-state index in [1.54, 1.807) is 0 Å². The van der Waals surface area contributed by atoms with Crippen LogP contribution < -0.4 is 0 Å². The molecule has 2 nitrogen and oxygen atoms in total. The lowest BCUT2D eigenvalue weighted by Crippen LogP contribution is -2.03. The molecule has 1 aromatic carbocycles. The third-order valence-electron chi connectivity index (χ3n) is 2.86. The van der Waals surface area contributed by atoms with Crippen LogP contribution in [0.4, 0.5) is 0 Å². The molecule has 1 aromatic rings. The molecule has 0 unspecified atom stereocenters. The van der Waals surface area contributed by atoms with Crippen molar-refractivity contribution in [3.05, 3.63) is 34.9 Å². The summed E-state index contributed by atoms with van der Waals surface area (Å²) in [4.78, 5) is 0. The standard InChI is InChI=1S/C11H13ClO2S/c12-15(13,14)8-7-10-4-1-3-9-5-2-6-11(9)10/h1,3-4H,2,5-8H2. The van der Waals surface area contributed by atoms with Crippen LogP contribution in [0, 0.1) is 0 Å². The van der Waals surface area contributed by atoms with Gasteiger partial charge in [-0.2, -0.15) is 0 Å². The Morgan fingerprint density at radius 2 is 2.07 bits per heavy atom. The van der Waals surface area contributed by atoms with E-state index in [1.165, 1.54) is 17.5 Å².